The summed E-state index contributed by atoms with van der Waals surface area (Å²) in [6.45, 7) is 10.6. The molecule has 38 heavy (non-hydrogen) atoms. The second-order valence-corrected chi connectivity index (χ2v) is 12.8. The molecule has 206 valence electrons. The zero-order valence-electron chi connectivity index (χ0n) is 22.3. The maximum atomic E-state index is 12.9. The van der Waals surface area contributed by atoms with Gasteiger partial charge in [-0.1, -0.05) is 51.4 Å². The zero-order chi connectivity index (χ0) is 28.1. The average Bonchev–Trinajstić information content (AvgIpc) is 3.32. The van der Waals surface area contributed by atoms with Gasteiger partial charge in [0.2, 0.25) is 16.0 Å². The number of hydrogen-bond acceptors (Lipinski definition) is 9. The number of hydrogen-bond donors (Lipinski definition) is 3. The first-order valence-electron chi connectivity index (χ1n) is 12.1. The van der Waals surface area contributed by atoms with Gasteiger partial charge in [-0.2, -0.15) is 0 Å². The number of thiazole rings is 1. The number of benzene rings is 1. The lowest BCUT2D eigenvalue weighted by Gasteiger charge is -2.14. The summed E-state index contributed by atoms with van der Waals surface area (Å²) in [4.78, 5) is 26.0. The maximum Gasteiger partial charge on any atom is 0.407 e. The van der Waals surface area contributed by atoms with Crippen molar-refractivity contribution in [3.63, 3.8) is 0 Å². The minimum Gasteiger partial charge on any atom is -0.453 e. The van der Waals surface area contributed by atoms with Crippen LogP contribution < -0.4 is 15.4 Å². The molecule has 10 nitrogen and oxygen atoms in total. The van der Waals surface area contributed by atoms with Crippen molar-refractivity contribution in [3.05, 3.63) is 40.5 Å². The Morgan fingerprint density at radius 3 is 2.61 bits per heavy atom. The van der Waals surface area contributed by atoms with E-state index in [0.29, 0.717) is 42.4 Å². The van der Waals surface area contributed by atoms with Gasteiger partial charge in [0, 0.05) is 36.3 Å². The van der Waals surface area contributed by atoms with Crippen LogP contribution in [0.4, 0.5) is 10.7 Å². The third-order valence-electron chi connectivity index (χ3n) is 5.32. The lowest BCUT2D eigenvalue weighted by molar-refractivity contribution is 0.168. The molecule has 0 spiro atoms. The van der Waals surface area contributed by atoms with E-state index in [1.54, 1.807) is 24.4 Å². The fraction of sp³-hybridized carbons (Fsp3) is 0.440. The van der Waals surface area contributed by atoms with Crippen LogP contribution >= 0.6 is 22.9 Å². The highest BCUT2D eigenvalue weighted by atomic mass is 35.5. The van der Waals surface area contributed by atoms with Gasteiger partial charge in [0.05, 0.1) is 33.4 Å². The molecule has 1 atom stereocenters. The first-order valence-corrected chi connectivity index (χ1v) is 14.8. The number of aromatic nitrogens is 3. The normalized spacial score (nSPS) is 12.7. The molecule has 0 bridgehead atoms. The number of carbonyl (C=O) groups is 1. The third-order valence-corrected chi connectivity index (χ3v) is 8.85. The minimum atomic E-state index is -3.80. The zero-order valence-corrected chi connectivity index (χ0v) is 24.6. The van der Waals surface area contributed by atoms with E-state index in [4.69, 9.17) is 16.6 Å². The van der Waals surface area contributed by atoms with E-state index in [1.165, 1.54) is 24.5 Å². The SMILES string of the molecule is CCCNS(=O)(=O)c1cccc(-c2nc(C(C)(C)C)sc2-c2ccnc(NC[C@H](C)NC(=O)OC)n2)c1Cl. The fourth-order valence-electron chi connectivity index (χ4n) is 3.34. The smallest absolute Gasteiger partial charge is 0.407 e. The maximum absolute atomic E-state index is 12.9. The summed E-state index contributed by atoms with van der Waals surface area (Å²) in [6.07, 6.45) is 1.76. The summed E-state index contributed by atoms with van der Waals surface area (Å²) in [7, 11) is -2.49. The summed E-state index contributed by atoms with van der Waals surface area (Å²) in [5.74, 6) is 0.365. The van der Waals surface area contributed by atoms with Gasteiger partial charge in [-0.15, -0.1) is 11.3 Å². The fourth-order valence-corrected chi connectivity index (χ4v) is 6.20. The van der Waals surface area contributed by atoms with E-state index < -0.39 is 16.1 Å². The number of amides is 1. The molecule has 0 radical (unpaired) electrons. The predicted octanol–water partition coefficient (Wildman–Crippen LogP) is 5.06. The molecular weight excluding hydrogens is 548 g/mol. The van der Waals surface area contributed by atoms with Crippen LogP contribution in [-0.4, -0.2) is 55.7 Å². The average molecular weight is 581 g/mol. The summed E-state index contributed by atoms with van der Waals surface area (Å²) >= 11 is 8.18. The highest BCUT2D eigenvalue weighted by molar-refractivity contribution is 7.89. The van der Waals surface area contributed by atoms with E-state index in [0.717, 1.165) is 9.88 Å². The van der Waals surface area contributed by atoms with Crippen molar-refractivity contribution in [1.29, 1.82) is 0 Å². The van der Waals surface area contributed by atoms with Crippen LogP contribution in [0.3, 0.4) is 0 Å². The van der Waals surface area contributed by atoms with E-state index in [2.05, 4.69) is 50.8 Å². The van der Waals surface area contributed by atoms with Gasteiger partial charge in [0.25, 0.3) is 0 Å². The van der Waals surface area contributed by atoms with Gasteiger partial charge < -0.3 is 15.4 Å². The summed E-state index contributed by atoms with van der Waals surface area (Å²) in [5, 5.41) is 6.74. The molecule has 2 aromatic heterocycles. The molecule has 0 aliphatic carbocycles. The quantitative estimate of drug-likeness (QED) is 0.303. The monoisotopic (exact) mass is 580 g/mol. The van der Waals surface area contributed by atoms with E-state index in [9.17, 15) is 13.2 Å². The summed E-state index contributed by atoms with van der Waals surface area (Å²) < 4.78 is 33.0. The molecule has 0 saturated carbocycles. The summed E-state index contributed by atoms with van der Waals surface area (Å²) in [5.41, 5.74) is 1.38. The highest BCUT2D eigenvalue weighted by Crippen LogP contribution is 2.43. The lowest BCUT2D eigenvalue weighted by atomic mass is 9.98. The molecule has 1 aromatic carbocycles. The largest absolute Gasteiger partial charge is 0.453 e. The van der Waals surface area contributed by atoms with E-state index >= 15 is 0 Å². The molecule has 0 aliphatic rings. The third kappa shape index (κ3) is 7.19. The Bertz CT molecular complexity index is 1390. The number of carbonyl (C=O) groups excluding carboxylic acids is 1. The van der Waals surface area contributed by atoms with Crippen LogP contribution in [0.1, 0.15) is 46.0 Å². The van der Waals surface area contributed by atoms with Crippen molar-refractivity contribution in [2.45, 2.75) is 57.4 Å². The molecular formula is C25H33ClN6O4S2. The number of halogens is 1. The number of anilines is 1. The van der Waals surface area contributed by atoms with Gasteiger partial charge in [-0.05, 0) is 25.5 Å². The second-order valence-electron chi connectivity index (χ2n) is 9.65. The summed E-state index contributed by atoms with van der Waals surface area (Å²) in [6, 6.07) is 6.43. The molecule has 3 rings (SSSR count). The van der Waals surface area contributed by atoms with Crippen molar-refractivity contribution >= 4 is 45.0 Å². The van der Waals surface area contributed by atoms with Gasteiger partial charge in [-0.3, -0.25) is 0 Å². The lowest BCUT2D eigenvalue weighted by Crippen LogP contribution is -2.37. The number of rotatable bonds is 10. The number of ether oxygens (including phenoxy) is 1. The minimum absolute atomic E-state index is 0.00138. The number of nitrogens with one attached hydrogen (secondary N) is 3. The van der Waals surface area contributed by atoms with Gasteiger partial charge in [0.15, 0.2) is 0 Å². The molecule has 3 N–H and O–H groups in total. The number of methoxy groups -OCH3 is 1. The second kappa shape index (κ2) is 12.4. The molecule has 0 unspecified atom stereocenters. The Kier molecular flexibility index (Phi) is 9.69. The van der Waals surface area contributed by atoms with Gasteiger partial charge >= 0.3 is 6.09 Å². The van der Waals surface area contributed by atoms with Crippen LogP contribution in [-0.2, 0) is 20.2 Å². The standard InChI is InChI=1S/C25H33ClN6O4S2/c1-7-12-29-38(34,35)18-10-8-9-16(19(18)26)20-21(37-22(32-20)25(3,4)5)17-11-13-27-23(31-17)28-14-15(2)30-24(33)36-6/h8-11,13,15,29H,7,12,14H2,1-6H3,(H,30,33)(H,27,28,31)/t15-/m0/s1. The molecule has 0 aliphatic heterocycles. The van der Waals surface area contributed by atoms with Crippen molar-refractivity contribution in [2.24, 2.45) is 0 Å². The van der Waals surface area contributed by atoms with Gasteiger partial charge in [-0.25, -0.2) is 32.9 Å². The van der Waals surface area contributed by atoms with Crippen LogP contribution in [0, 0.1) is 0 Å². The first kappa shape index (κ1) is 29.8. The number of alkyl carbamates (subject to hydrolysis) is 1. The molecule has 2 heterocycles. The number of sulfonamides is 1. The Morgan fingerprint density at radius 2 is 1.95 bits per heavy atom. The highest BCUT2D eigenvalue weighted by Gasteiger charge is 2.27. The van der Waals surface area contributed by atoms with Crippen molar-refractivity contribution in [2.75, 3.05) is 25.5 Å². The van der Waals surface area contributed by atoms with Crippen LogP contribution in [0.2, 0.25) is 5.02 Å². The molecule has 3 aromatic rings. The Labute approximate surface area is 232 Å². The number of nitrogens with zero attached hydrogens (tertiary/aromatic N) is 3. The van der Waals surface area contributed by atoms with Crippen molar-refractivity contribution in [3.8, 4) is 21.8 Å². The van der Waals surface area contributed by atoms with Crippen LogP contribution in [0.15, 0.2) is 35.4 Å². The molecule has 0 fully saturated rings. The molecule has 1 amide bonds. The topological polar surface area (TPSA) is 135 Å². The van der Waals surface area contributed by atoms with Crippen LogP contribution in [0.25, 0.3) is 21.8 Å². The van der Waals surface area contributed by atoms with Crippen molar-refractivity contribution in [1.82, 2.24) is 25.0 Å². The molecule has 0 saturated heterocycles. The Balaban J connectivity index is 2.05. The first-order chi connectivity index (χ1) is 17.9. The predicted molar refractivity (Wildman–Crippen MR) is 151 cm³/mol. The van der Waals surface area contributed by atoms with E-state index in [-0.39, 0.29) is 21.4 Å². The Morgan fingerprint density at radius 1 is 1.21 bits per heavy atom. The van der Waals surface area contributed by atoms with Gasteiger partial charge in [0.1, 0.15) is 4.90 Å². The van der Waals surface area contributed by atoms with Crippen molar-refractivity contribution < 1.29 is 17.9 Å². The molecule has 13 heteroatoms. The van der Waals surface area contributed by atoms with Crippen LogP contribution in [0.5, 0.6) is 0 Å². The van der Waals surface area contributed by atoms with E-state index in [1.807, 2.05) is 13.8 Å². The Hall–Kier alpha value is -2.80.